The van der Waals surface area contributed by atoms with Gasteiger partial charge in [-0.15, -0.1) is 0 Å². The van der Waals surface area contributed by atoms with Crippen LogP contribution in [0.25, 0.3) is 0 Å². The molecule has 0 atom stereocenters. The summed E-state index contributed by atoms with van der Waals surface area (Å²) in [5, 5.41) is 3.41. The molecule has 1 saturated carbocycles. The quantitative estimate of drug-likeness (QED) is 0.808. The predicted octanol–water partition coefficient (Wildman–Crippen LogP) is 3.56. The molecule has 2 aliphatic rings. The minimum absolute atomic E-state index is 0.822. The molecule has 2 fully saturated rings. The van der Waals surface area contributed by atoms with E-state index in [9.17, 15) is 0 Å². The van der Waals surface area contributed by atoms with Gasteiger partial charge in [0.05, 0.1) is 0 Å². The van der Waals surface area contributed by atoms with Crippen molar-refractivity contribution in [3.8, 4) is 0 Å². The van der Waals surface area contributed by atoms with Gasteiger partial charge in [0, 0.05) is 25.2 Å². The zero-order chi connectivity index (χ0) is 12.6. The van der Waals surface area contributed by atoms with E-state index in [2.05, 4.69) is 17.3 Å². The second-order valence-corrected chi connectivity index (χ2v) is 6.39. The van der Waals surface area contributed by atoms with Gasteiger partial charge in [0.2, 0.25) is 0 Å². The molecular formula is C16H32N2. The summed E-state index contributed by atoms with van der Waals surface area (Å²) in [4.78, 5) is 2.68. The first-order valence-corrected chi connectivity index (χ1v) is 8.30. The highest BCUT2D eigenvalue weighted by Crippen LogP contribution is 2.21. The molecule has 0 bridgehead atoms. The van der Waals surface area contributed by atoms with Crippen molar-refractivity contribution < 1.29 is 0 Å². The number of nitrogens with zero attached hydrogens (tertiary/aromatic N) is 1. The first-order chi connectivity index (χ1) is 8.88. The molecule has 0 spiro atoms. The van der Waals surface area contributed by atoms with E-state index in [4.69, 9.17) is 0 Å². The van der Waals surface area contributed by atoms with Gasteiger partial charge in [0.15, 0.2) is 0 Å². The third kappa shape index (κ3) is 4.55. The minimum Gasteiger partial charge on any atom is -0.314 e. The molecule has 0 aromatic carbocycles. The maximum absolute atomic E-state index is 3.41. The van der Waals surface area contributed by atoms with Crippen molar-refractivity contribution in [2.45, 2.75) is 82.7 Å². The number of nitrogens with one attached hydrogen (secondary N) is 1. The summed E-state index contributed by atoms with van der Waals surface area (Å²) in [7, 11) is 2.36. The molecule has 18 heavy (non-hydrogen) atoms. The largest absolute Gasteiger partial charge is 0.314 e. The summed E-state index contributed by atoms with van der Waals surface area (Å²) in [6.45, 7) is 2.43. The zero-order valence-electron chi connectivity index (χ0n) is 12.3. The Bertz CT molecular complexity index is 201. The molecule has 1 aliphatic heterocycles. The molecule has 0 aromatic rings. The molecule has 2 heteroatoms. The molecule has 1 saturated heterocycles. The van der Waals surface area contributed by atoms with Gasteiger partial charge in [0.1, 0.15) is 0 Å². The maximum atomic E-state index is 3.41. The average molecular weight is 252 g/mol. The van der Waals surface area contributed by atoms with Crippen molar-refractivity contribution >= 4 is 0 Å². The summed E-state index contributed by atoms with van der Waals surface area (Å²) in [5.41, 5.74) is 0. The molecular weight excluding hydrogens is 220 g/mol. The summed E-state index contributed by atoms with van der Waals surface area (Å²) < 4.78 is 0. The van der Waals surface area contributed by atoms with Crippen LogP contribution in [0, 0.1) is 0 Å². The van der Waals surface area contributed by atoms with Crippen LogP contribution in [0.15, 0.2) is 0 Å². The smallest absolute Gasteiger partial charge is 0.0345 e. The molecule has 2 rings (SSSR count). The second kappa shape index (κ2) is 8.16. The lowest BCUT2D eigenvalue weighted by atomic mass is 9.95. The molecule has 0 aromatic heterocycles. The third-order valence-electron chi connectivity index (χ3n) is 4.99. The van der Waals surface area contributed by atoms with E-state index in [0.717, 1.165) is 12.1 Å². The van der Waals surface area contributed by atoms with Gasteiger partial charge in [-0.1, -0.05) is 57.8 Å². The molecule has 0 unspecified atom stereocenters. The van der Waals surface area contributed by atoms with Crippen LogP contribution in [0.1, 0.15) is 70.6 Å². The number of rotatable bonds is 2. The number of hydrogen-bond donors (Lipinski definition) is 1. The van der Waals surface area contributed by atoms with Crippen molar-refractivity contribution in [3.05, 3.63) is 0 Å². The summed E-state index contributed by atoms with van der Waals surface area (Å²) in [5.74, 6) is 0. The first kappa shape index (κ1) is 14.3. The van der Waals surface area contributed by atoms with Crippen LogP contribution >= 0.6 is 0 Å². The van der Waals surface area contributed by atoms with Crippen LogP contribution in [0.3, 0.4) is 0 Å². The molecule has 106 valence electrons. The van der Waals surface area contributed by atoms with Crippen molar-refractivity contribution in [3.63, 3.8) is 0 Å². The number of likely N-dealkylation sites (N-methyl/N-ethyl adjacent to an activating group) is 1. The fraction of sp³-hybridized carbons (Fsp3) is 1.00. The standard InChI is InChI=1S/C16H32N2/c1-18(16-13-17-14-16)15-11-9-7-5-3-2-4-6-8-10-12-15/h15-17H,2-14H2,1H3. The lowest BCUT2D eigenvalue weighted by molar-refractivity contribution is 0.111. The van der Waals surface area contributed by atoms with Crippen LogP contribution in [0.4, 0.5) is 0 Å². The maximum Gasteiger partial charge on any atom is 0.0345 e. The Balaban J connectivity index is 1.76. The fourth-order valence-electron chi connectivity index (χ4n) is 3.41. The molecule has 0 amide bonds. The van der Waals surface area contributed by atoms with E-state index in [0.29, 0.717) is 0 Å². The van der Waals surface area contributed by atoms with Crippen molar-refractivity contribution in [2.24, 2.45) is 0 Å². The molecule has 0 radical (unpaired) electrons. The molecule has 1 aliphatic carbocycles. The Labute approximate surface area is 114 Å². The Hall–Kier alpha value is -0.0800. The van der Waals surface area contributed by atoms with Gasteiger partial charge in [-0.2, -0.15) is 0 Å². The monoisotopic (exact) mass is 252 g/mol. The molecule has 1 N–H and O–H groups in total. The second-order valence-electron chi connectivity index (χ2n) is 6.39. The Kier molecular flexibility index (Phi) is 6.50. The van der Waals surface area contributed by atoms with Crippen molar-refractivity contribution in [1.82, 2.24) is 10.2 Å². The zero-order valence-corrected chi connectivity index (χ0v) is 12.3. The predicted molar refractivity (Wildman–Crippen MR) is 79.0 cm³/mol. The van der Waals surface area contributed by atoms with Gasteiger partial charge in [-0.25, -0.2) is 0 Å². The van der Waals surface area contributed by atoms with Gasteiger partial charge in [-0.05, 0) is 19.9 Å². The first-order valence-electron chi connectivity index (χ1n) is 8.30. The summed E-state index contributed by atoms with van der Waals surface area (Å²) in [6, 6.07) is 1.68. The van der Waals surface area contributed by atoms with E-state index in [1.165, 1.54) is 83.7 Å². The third-order valence-corrected chi connectivity index (χ3v) is 4.99. The lowest BCUT2D eigenvalue weighted by Crippen LogP contribution is -2.58. The van der Waals surface area contributed by atoms with Crippen LogP contribution < -0.4 is 5.32 Å². The number of hydrogen-bond acceptors (Lipinski definition) is 2. The Morgan fingerprint density at radius 1 is 0.667 bits per heavy atom. The SMILES string of the molecule is CN(C1CCCCCCCCCCC1)C1CNC1. The van der Waals surface area contributed by atoms with Crippen LogP contribution in [-0.2, 0) is 0 Å². The van der Waals surface area contributed by atoms with Crippen LogP contribution in [0.5, 0.6) is 0 Å². The Morgan fingerprint density at radius 2 is 1.11 bits per heavy atom. The highest BCUT2D eigenvalue weighted by molar-refractivity contribution is 4.86. The van der Waals surface area contributed by atoms with E-state index in [1.807, 2.05) is 0 Å². The van der Waals surface area contributed by atoms with Crippen LogP contribution in [-0.4, -0.2) is 37.1 Å². The summed E-state index contributed by atoms with van der Waals surface area (Å²) in [6.07, 6.45) is 16.1. The van der Waals surface area contributed by atoms with Crippen molar-refractivity contribution in [2.75, 3.05) is 20.1 Å². The van der Waals surface area contributed by atoms with Gasteiger partial charge < -0.3 is 5.32 Å². The molecule has 2 nitrogen and oxygen atoms in total. The van der Waals surface area contributed by atoms with Crippen LogP contribution in [0.2, 0.25) is 0 Å². The fourth-order valence-corrected chi connectivity index (χ4v) is 3.41. The van der Waals surface area contributed by atoms with E-state index >= 15 is 0 Å². The topological polar surface area (TPSA) is 15.3 Å². The minimum atomic E-state index is 0.822. The highest BCUT2D eigenvalue weighted by atomic mass is 15.2. The summed E-state index contributed by atoms with van der Waals surface area (Å²) >= 11 is 0. The van der Waals surface area contributed by atoms with E-state index < -0.39 is 0 Å². The van der Waals surface area contributed by atoms with Crippen molar-refractivity contribution in [1.29, 1.82) is 0 Å². The normalized spacial score (nSPS) is 26.3. The Morgan fingerprint density at radius 3 is 1.50 bits per heavy atom. The van der Waals surface area contributed by atoms with E-state index in [1.54, 1.807) is 0 Å². The molecule has 1 heterocycles. The highest BCUT2D eigenvalue weighted by Gasteiger charge is 2.26. The van der Waals surface area contributed by atoms with Gasteiger partial charge in [0.25, 0.3) is 0 Å². The lowest BCUT2D eigenvalue weighted by Gasteiger charge is -2.41. The van der Waals surface area contributed by atoms with E-state index in [-0.39, 0.29) is 0 Å². The average Bonchev–Trinajstić information content (AvgIpc) is 2.27. The van der Waals surface area contributed by atoms with Gasteiger partial charge in [-0.3, -0.25) is 4.90 Å². The van der Waals surface area contributed by atoms with Gasteiger partial charge >= 0.3 is 0 Å².